The number of rotatable bonds is 5. The number of likely N-dealkylation sites (N-methyl/N-ethyl adjacent to an activating group) is 1. The van der Waals surface area contributed by atoms with E-state index in [-0.39, 0.29) is 17.8 Å². The fourth-order valence-electron chi connectivity index (χ4n) is 1.79. The molecule has 1 aromatic rings. The van der Waals surface area contributed by atoms with Gasteiger partial charge in [0, 0.05) is 12.5 Å². The number of Topliss-reactive ketones (excluding diaryl/α,β-unsaturated/α-hetero) is 1. The molecule has 18 heavy (non-hydrogen) atoms. The van der Waals surface area contributed by atoms with Gasteiger partial charge in [-0.1, -0.05) is 13.0 Å². The molecule has 0 aromatic heterocycles. The van der Waals surface area contributed by atoms with Gasteiger partial charge in [-0.3, -0.25) is 9.69 Å². The SMILES string of the molecule is CCC(C)(C(=O)Cc1ccc(F)cc1F)N(C)C. The van der Waals surface area contributed by atoms with E-state index in [1.807, 2.05) is 32.8 Å². The topological polar surface area (TPSA) is 20.3 Å². The average molecular weight is 255 g/mol. The quantitative estimate of drug-likeness (QED) is 0.806. The highest BCUT2D eigenvalue weighted by atomic mass is 19.1. The second-order valence-corrected chi connectivity index (χ2v) is 4.86. The van der Waals surface area contributed by atoms with Gasteiger partial charge in [-0.25, -0.2) is 8.78 Å². The van der Waals surface area contributed by atoms with Crippen LogP contribution in [0.5, 0.6) is 0 Å². The molecule has 1 atom stereocenters. The zero-order valence-electron chi connectivity index (χ0n) is 11.3. The lowest BCUT2D eigenvalue weighted by Crippen LogP contribution is -2.48. The van der Waals surface area contributed by atoms with Gasteiger partial charge in [0.05, 0.1) is 5.54 Å². The van der Waals surface area contributed by atoms with Crippen molar-refractivity contribution in [3.8, 4) is 0 Å². The standard InChI is InChI=1S/C14H19F2NO/c1-5-14(2,17(3)4)13(18)8-10-6-7-11(15)9-12(10)16/h6-7,9H,5,8H2,1-4H3. The van der Waals surface area contributed by atoms with E-state index in [1.165, 1.54) is 12.1 Å². The summed E-state index contributed by atoms with van der Waals surface area (Å²) in [6.07, 6.45) is 0.621. The maximum absolute atomic E-state index is 13.5. The third-order valence-corrected chi connectivity index (χ3v) is 3.64. The first kappa shape index (κ1) is 14.8. The molecule has 0 heterocycles. The Kier molecular flexibility index (Phi) is 4.57. The predicted molar refractivity (Wildman–Crippen MR) is 67.5 cm³/mol. The molecule has 0 aliphatic rings. The highest BCUT2D eigenvalue weighted by Crippen LogP contribution is 2.21. The van der Waals surface area contributed by atoms with E-state index in [9.17, 15) is 13.6 Å². The third-order valence-electron chi connectivity index (χ3n) is 3.64. The summed E-state index contributed by atoms with van der Waals surface area (Å²) in [5, 5.41) is 0. The highest BCUT2D eigenvalue weighted by Gasteiger charge is 2.33. The summed E-state index contributed by atoms with van der Waals surface area (Å²) in [5.74, 6) is -1.37. The number of ketones is 1. The molecule has 0 amide bonds. The zero-order chi connectivity index (χ0) is 13.9. The van der Waals surface area contributed by atoms with Gasteiger partial charge >= 0.3 is 0 Å². The molecule has 0 aliphatic heterocycles. The Morgan fingerprint density at radius 1 is 1.33 bits per heavy atom. The van der Waals surface area contributed by atoms with Gasteiger partial charge in [-0.2, -0.15) is 0 Å². The average Bonchev–Trinajstić information content (AvgIpc) is 2.31. The Balaban J connectivity index is 2.93. The molecular formula is C14H19F2NO. The predicted octanol–water partition coefficient (Wildman–Crippen LogP) is 2.81. The summed E-state index contributed by atoms with van der Waals surface area (Å²) in [6.45, 7) is 3.75. The van der Waals surface area contributed by atoms with Crippen LogP contribution >= 0.6 is 0 Å². The minimum Gasteiger partial charge on any atom is -0.297 e. The molecular weight excluding hydrogens is 236 g/mol. The smallest absolute Gasteiger partial charge is 0.157 e. The summed E-state index contributed by atoms with van der Waals surface area (Å²) < 4.78 is 26.3. The monoisotopic (exact) mass is 255 g/mol. The fraction of sp³-hybridized carbons (Fsp3) is 0.500. The Bertz CT molecular complexity index is 445. The van der Waals surface area contributed by atoms with Crippen LogP contribution in [-0.4, -0.2) is 30.3 Å². The molecule has 0 aliphatic carbocycles. The van der Waals surface area contributed by atoms with Crippen molar-refractivity contribution in [2.24, 2.45) is 0 Å². The van der Waals surface area contributed by atoms with Gasteiger partial charge in [0.2, 0.25) is 0 Å². The van der Waals surface area contributed by atoms with Gasteiger partial charge < -0.3 is 0 Å². The molecule has 100 valence electrons. The second kappa shape index (κ2) is 5.57. The molecule has 1 aromatic carbocycles. The highest BCUT2D eigenvalue weighted by molar-refractivity contribution is 5.89. The second-order valence-electron chi connectivity index (χ2n) is 4.86. The number of halogens is 2. The molecule has 0 N–H and O–H groups in total. The molecule has 1 rings (SSSR count). The number of hydrogen-bond acceptors (Lipinski definition) is 2. The van der Waals surface area contributed by atoms with Crippen LogP contribution in [0, 0.1) is 11.6 Å². The Hall–Kier alpha value is -1.29. The molecule has 1 unspecified atom stereocenters. The van der Waals surface area contributed by atoms with Crippen molar-refractivity contribution in [2.45, 2.75) is 32.2 Å². The maximum Gasteiger partial charge on any atom is 0.157 e. The zero-order valence-corrected chi connectivity index (χ0v) is 11.3. The van der Waals surface area contributed by atoms with Crippen LogP contribution < -0.4 is 0 Å². The summed E-state index contributed by atoms with van der Waals surface area (Å²) >= 11 is 0. The third kappa shape index (κ3) is 2.93. The molecule has 4 heteroatoms. The Morgan fingerprint density at radius 2 is 1.94 bits per heavy atom. The van der Waals surface area contributed by atoms with E-state index in [2.05, 4.69) is 0 Å². The van der Waals surface area contributed by atoms with Crippen LogP contribution in [0.3, 0.4) is 0 Å². The van der Waals surface area contributed by atoms with E-state index in [0.29, 0.717) is 6.42 Å². The summed E-state index contributed by atoms with van der Waals surface area (Å²) in [5.41, 5.74) is -0.385. The molecule has 0 fully saturated rings. The first-order chi connectivity index (χ1) is 8.31. The minimum atomic E-state index is -0.666. The first-order valence-corrected chi connectivity index (χ1v) is 5.96. The number of hydrogen-bond donors (Lipinski definition) is 0. The summed E-state index contributed by atoms with van der Waals surface area (Å²) in [7, 11) is 3.64. The first-order valence-electron chi connectivity index (χ1n) is 5.96. The van der Waals surface area contributed by atoms with Crippen molar-refractivity contribution in [3.63, 3.8) is 0 Å². The lowest BCUT2D eigenvalue weighted by Gasteiger charge is -2.34. The minimum absolute atomic E-state index is 0.0192. The van der Waals surface area contributed by atoms with E-state index < -0.39 is 17.2 Å². The van der Waals surface area contributed by atoms with Gasteiger partial charge in [0.25, 0.3) is 0 Å². The molecule has 0 saturated heterocycles. The van der Waals surface area contributed by atoms with E-state index >= 15 is 0 Å². The molecule has 0 spiro atoms. The molecule has 0 radical (unpaired) electrons. The largest absolute Gasteiger partial charge is 0.297 e. The van der Waals surface area contributed by atoms with Crippen LogP contribution in [0.25, 0.3) is 0 Å². The fourth-order valence-corrected chi connectivity index (χ4v) is 1.79. The summed E-state index contributed by atoms with van der Waals surface area (Å²) in [4.78, 5) is 14.1. The van der Waals surface area contributed by atoms with E-state index in [1.54, 1.807) is 0 Å². The van der Waals surface area contributed by atoms with Crippen molar-refractivity contribution in [1.29, 1.82) is 0 Å². The number of nitrogens with zero attached hydrogens (tertiary/aromatic N) is 1. The molecule has 2 nitrogen and oxygen atoms in total. The van der Waals surface area contributed by atoms with Crippen molar-refractivity contribution in [2.75, 3.05) is 14.1 Å². The number of benzene rings is 1. The van der Waals surface area contributed by atoms with Crippen LogP contribution in [0.15, 0.2) is 18.2 Å². The number of carbonyl (C=O) groups is 1. The number of carbonyl (C=O) groups excluding carboxylic acids is 1. The molecule has 0 saturated carbocycles. The van der Waals surface area contributed by atoms with Crippen LogP contribution in [0.1, 0.15) is 25.8 Å². The van der Waals surface area contributed by atoms with Crippen molar-refractivity contribution in [1.82, 2.24) is 4.90 Å². The van der Waals surface area contributed by atoms with E-state index in [0.717, 1.165) is 6.07 Å². The Morgan fingerprint density at radius 3 is 2.39 bits per heavy atom. The van der Waals surface area contributed by atoms with E-state index in [4.69, 9.17) is 0 Å². The van der Waals surface area contributed by atoms with Gasteiger partial charge in [-0.15, -0.1) is 0 Å². The Labute approximate surface area is 107 Å². The van der Waals surface area contributed by atoms with Crippen molar-refractivity contribution in [3.05, 3.63) is 35.4 Å². The van der Waals surface area contributed by atoms with Gasteiger partial charge in [0.15, 0.2) is 5.78 Å². The van der Waals surface area contributed by atoms with Gasteiger partial charge in [0.1, 0.15) is 11.6 Å². The molecule has 0 bridgehead atoms. The maximum atomic E-state index is 13.5. The lowest BCUT2D eigenvalue weighted by atomic mass is 9.88. The van der Waals surface area contributed by atoms with Crippen LogP contribution in [0.2, 0.25) is 0 Å². The van der Waals surface area contributed by atoms with Crippen LogP contribution in [-0.2, 0) is 11.2 Å². The van der Waals surface area contributed by atoms with Crippen molar-refractivity contribution >= 4 is 5.78 Å². The van der Waals surface area contributed by atoms with Crippen molar-refractivity contribution < 1.29 is 13.6 Å². The normalized spacial score (nSPS) is 14.6. The van der Waals surface area contributed by atoms with Gasteiger partial charge in [-0.05, 0) is 39.1 Å². The summed E-state index contributed by atoms with van der Waals surface area (Å²) in [6, 6.07) is 3.31. The van der Waals surface area contributed by atoms with Crippen LogP contribution in [0.4, 0.5) is 8.78 Å². The lowest BCUT2D eigenvalue weighted by molar-refractivity contribution is -0.128.